The van der Waals surface area contributed by atoms with Gasteiger partial charge in [0, 0.05) is 18.7 Å². The largest absolute Gasteiger partial charge is 0.454 e. The van der Waals surface area contributed by atoms with E-state index in [9.17, 15) is 18.0 Å². The molecule has 142 valence electrons. The van der Waals surface area contributed by atoms with E-state index in [1.54, 1.807) is 42.5 Å². The first-order chi connectivity index (χ1) is 13.0. The third-order valence-corrected chi connectivity index (χ3v) is 6.43. The number of ketones is 1. The molecule has 0 N–H and O–H groups in total. The minimum Gasteiger partial charge on any atom is -0.454 e. The van der Waals surface area contributed by atoms with Crippen molar-refractivity contribution in [3.05, 3.63) is 65.7 Å². The Balaban J connectivity index is 1.77. The van der Waals surface area contributed by atoms with Crippen LogP contribution in [0.1, 0.15) is 40.0 Å². The van der Waals surface area contributed by atoms with Crippen LogP contribution in [0.3, 0.4) is 0 Å². The summed E-state index contributed by atoms with van der Waals surface area (Å²) in [5.41, 5.74) is 0.378. The molecule has 0 radical (unpaired) electrons. The SMILES string of the molecule is O=C(COC(=O)c1ccccc1S(=O)(=O)N1CCCCC1)c1ccccc1. The summed E-state index contributed by atoms with van der Waals surface area (Å²) in [5.74, 6) is -1.17. The van der Waals surface area contributed by atoms with Gasteiger partial charge < -0.3 is 4.74 Å². The molecule has 1 heterocycles. The lowest BCUT2D eigenvalue weighted by Crippen LogP contribution is -2.36. The van der Waals surface area contributed by atoms with Crippen LogP contribution in [0.15, 0.2) is 59.5 Å². The van der Waals surface area contributed by atoms with Crippen molar-refractivity contribution in [2.45, 2.75) is 24.2 Å². The smallest absolute Gasteiger partial charge is 0.339 e. The zero-order valence-electron chi connectivity index (χ0n) is 14.8. The Morgan fingerprint density at radius 3 is 2.22 bits per heavy atom. The van der Waals surface area contributed by atoms with Crippen LogP contribution in [0.25, 0.3) is 0 Å². The number of carbonyl (C=O) groups is 2. The third kappa shape index (κ3) is 4.43. The standard InChI is InChI=1S/C20H21NO5S/c22-18(16-9-3-1-4-10-16)15-26-20(23)17-11-5-6-12-19(17)27(24,25)21-13-7-2-8-14-21/h1,3-6,9-12H,2,7-8,13-15H2. The lowest BCUT2D eigenvalue weighted by Gasteiger charge is -2.26. The van der Waals surface area contributed by atoms with Gasteiger partial charge in [0.15, 0.2) is 12.4 Å². The quantitative estimate of drug-likeness (QED) is 0.562. The Hall–Kier alpha value is -2.51. The van der Waals surface area contributed by atoms with E-state index in [2.05, 4.69) is 0 Å². The van der Waals surface area contributed by atoms with Gasteiger partial charge in [-0.05, 0) is 25.0 Å². The highest BCUT2D eigenvalue weighted by atomic mass is 32.2. The number of esters is 1. The van der Waals surface area contributed by atoms with Crippen molar-refractivity contribution >= 4 is 21.8 Å². The number of piperidine rings is 1. The number of benzene rings is 2. The van der Waals surface area contributed by atoms with Crippen molar-refractivity contribution in [3.8, 4) is 0 Å². The fourth-order valence-corrected chi connectivity index (χ4v) is 4.72. The van der Waals surface area contributed by atoms with E-state index < -0.39 is 22.6 Å². The third-order valence-electron chi connectivity index (χ3n) is 4.47. The fourth-order valence-electron chi connectivity index (χ4n) is 3.02. The van der Waals surface area contributed by atoms with Crippen molar-refractivity contribution in [1.29, 1.82) is 0 Å². The second-order valence-corrected chi connectivity index (χ2v) is 8.23. The maximum Gasteiger partial charge on any atom is 0.339 e. The highest BCUT2D eigenvalue weighted by Crippen LogP contribution is 2.24. The predicted molar refractivity (Wildman–Crippen MR) is 100 cm³/mol. The van der Waals surface area contributed by atoms with Crippen molar-refractivity contribution in [2.24, 2.45) is 0 Å². The maximum absolute atomic E-state index is 12.9. The molecule has 3 rings (SSSR count). The van der Waals surface area contributed by atoms with E-state index >= 15 is 0 Å². The van der Waals surface area contributed by atoms with Gasteiger partial charge in [0.1, 0.15) is 0 Å². The highest BCUT2D eigenvalue weighted by Gasteiger charge is 2.30. The number of carbonyl (C=O) groups excluding carboxylic acids is 2. The van der Waals surface area contributed by atoms with Crippen LogP contribution in [0.5, 0.6) is 0 Å². The molecule has 0 aliphatic carbocycles. The van der Waals surface area contributed by atoms with E-state index in [1.165, 1.54) is 16.4 Å². The molecule has 1 aliphatic rings. The van der Waals surface area contributed by atoms with Crippen LogP contribution >= 0.6 is 0 Å². The first-order valence-electron chi connectivity index (χ1n) is 8.85. The molecular weight excluding hydrogens is 366 g/mol. The van der Waals surface area contributed by atoms with E-state index in [1.807, 2.05) is 0 Å². The van der Waals surface area contributed by atoms with Crippen LogP contribution in [-0.2, 0) is 14.8 Å². The zero-order valence-corrected chi connectivity index (χ0v) is 15.7. The van der Waals surface area contributed by atoms with Crippen LogP contribution in [-0.4, -0.2) is 44.2 Å². The van der Waals surface area contributed by atoms with E-state index in [4.69, 9.17) is 4.74 Å². The molecule has 0 spiro atoms. The second kappa shape index (κ2) is 8.45. The van der Waals surface area contributed by atoms with Crippen LogP contribution in [0, 0.1) is 0 Å². The second-order valence-electron chi connectivity index (χ2n) is 6.33. The predicted octanol–water partition coefficient (Wildman–Crippen LogP) is 2.90. The first kappa shape index (κ1) is 19.3. The Bertz CT molecular complexity index is 918. The fraction of sp³-hybridized carbons (Fsp3) is 0.300. The van der Waals surface area contributed by atoms with Crippen molar-refractivity contribution in [3.63, 3.8) is 0 Å². The monoisotopic (exact) mass is 387 g/mol. The molecule has 27 heavy (non-hydrogen) atoms. The number of ether oxygens (including phenoxy) is 1. The molecule has 0 atom stereocenters. The maximum atomic E-state index is 12.9. The average molecular weight is 387 g/mol. The number of hydrogen-bond acceptors (Lipinski definition) is 5. The van der Waals surface area contributed by atoms with Crippen LogP contribution < -0.4 is 0 Å². The molecule has 2 aromatic carbocycles. The average Bonchev–Trinajstić information content (AvgIpc) is 2.73. The summed E-state index contributed by atoms with van der Waals surface area (Å²) in [6.45, 7) is 0.442. The number of rotatable bonds is 6. The topological polar surface area (TPSA) is 80.8 Å². The molecule has 0 unspecified atom stereocenters. The Morgan fingerprint density at radius 1 is 0.889 bits per heavy atom. The number of sulfonamides is 1. The van der Waals surface area contributed by atoms with Crippen molar-refractivity contribution < 1.29 is 22.7 Å². The number of Topliss-reactive ketones (excluding diaryl/α,β-unsaturated/α-hetero) is 1. The lowest BCUT2D eigenvalue weighted by molar-refractivity contribution is 0.0471. The Morgan fingerprint density at radius 2 is 1.52 bits per heavy atom. The van der Waals surface area contributed by atoms with Gasteiger partial charge in [0.2, 0.25) is 10.0 Å². The van der Waals surface area contributed by atoms with Gasteiger partial charge in [-0.15, -0.1) is 0 Å². The Kier molecular flexibility index (Phi) is 6.03. The molecule has 7 heteroatoms. The molecule has 1 saturated heterocycles. The summed E-state index contributed by atoms with van der Waals surface area (Å²) in [4.78, 5) is 24.5. The summed E-state index contributed by atoms with van der Waals surface area (Å²) in [6.07, 6.45) is 2.60. The molecule has 0 bridgehead atoms. The first-order valence-corrected chi connectivity index (χ1v) is 10.3. The normalized spacial score (nSPS) is 15.3. The molecule has 6 nitrogen and oxygen atoms in total. The minimum atomic E-state index is -3.78. The summed E-state index contributed by atoms with van der Waals surface area (Å²) in [7, 11) is -3.78. The molecule has 0 amide bonds. The molecule has 0 saturated carbocycles. The lowest BCUT2D eigenvalue weighted by atomic mass is 10.1. The van der Waals surface area contributed by atoms with E-state index in [0.29, 0.717) is 18.7 Å². The molecule has 1 aliphatic heterocycles. The van der Waals surface area contributed by atoms with Gasteiger partial charge in [0.05, 0.1) is 10.5 Å². The zero-order chi connectivity index (χ0) is 19.3. The molecule has 1 fully saturated rings. The van der Waals surface area contributed by atoms with Gasteiger partial charge in [-0.25, -0.2) is 13.2 Å². The summed E-state index contributed by atoms with van der Waals surface area (Å²) in [6, 6.07) is 14.4. The summed E-state index contributed by atoms with van der Waals surface area (Å²) >= 11 is 0. The molecular formula is C20H21NO5S. The van der Waals surface area contributed by atoms with E-state index in [0.717, 1.165) is 19.3 Å². The molecule has 2 aromatic rings. The van der Waals surface area contributed by atoms with Gasteiger partial charge >= 0.3 is 5.97 Å². The highest BCUT2D eigenvalue weighted by molar-refractivity contribution is 7.89. The molecule has 0 aromatic heterocycles. The number of hydrogen-bond donors (Lipinski definition) is 0. The Labute approximate surface area is 158 Å². The van der Waals surface area contributed by atoms with Crippen LogP contribution in [0.4, 0.5) is 0 Å². The number of nitrogens with zero attached hydrogens (tertiary/aromatic N) is 1. The van der Waals surface area contributed by atoms with Gasteiger partial charge in [-0.2, -0.15) is 4.31 Å². The van der Waals surface area contributed by atoms with Gasteiger partial charge in [-0.1, -0.05) is 48.9 Å². The summed E-state index contributed by atoms with van der Waals surface area (Å²) in [5, 5.41) is 0. The van der Waals surface area contributed by atoms with Crippen molar-refractivity contribution in [1.82, 2.24) is 4.31 Å². The van der Waals surface area contributed by atoms with Gasteiger partial charge in [0.25, 0.3) is 0 Å². The van der Waals surface area contributed by atoms with Crippen molar-refractivity contribution in [2.75, 3.05) is 19.7 Å². The minimum absolute atomic E-state index is 0.0519. The van der Waals surface area contributed by atoms with E-state index in [-0.39, 0.29) is 16.2 Å². The summed E-state index contributed by atoms with van der Waals surface area (Å²) < 4.78 is 32.3. The van der Waals surface area contributed by atoms with Crippen LogP contribution in [0.2, 0.25) is 0 Å². The van der Waals surface area contributed by atoms with Gasteiger partial charge in [-0.3, -0.25) is 4.79 Å².